The lowest BCUT2D eigenvalue weighted by atomic mass is 10.1. The van der Waals surface area contributed by atoms with Gasteiger partial charge in [0.15, 0.2) is 5.82 Å². The highest BCUT2D eigenvalue weighted by Crippen LogP contribution is 2.39. The minimum absolute atomic E-state index is 0.119. The van der Waals surface area contributed by atoms with Crippen LogP contribution in [0.2, 0.25) is 0 Å². The van der Waals surface area contributed by atoms with Crippen LogP contribution in [0.3, 0.4) is 0 Å². The molecule has 4 heteroatoms. The number of pyridine rings is 1. The lowest BCUT2D eigenvalue weighted by Crippen LogP contribution is -2.35. The van der Waals surface area contributed by atoms with Crippen LogP contribution in [0.4, 0.5) is 0 Å². The highest BCUT2D eigenvalue weighted by Gasteiger charge is 2.26. The van der Waals surface area contributed by atoms with Crippen molar-refractivity contribution in [3.8, 4) is 5.82 Å². The molecule has 1 aliphatic carbocycles. The zero-order chi connectivity index (χ0) is 15.0. The van der Waals surface area contributed by atoms with Crippen LogP contribution in [-0.2, 0) is 6.54 Å². The molecule has 2 heterocycles. The second-order valence-electron chi connectivity index (χ2n) is 7.05. The predicted octanol–water partition coefficient (Wildman–Crippen LogP) is 3.34. The summed E-state index contributed by atoms with van der Waals surface area (Å²) < 4.78 is 1.91. The van der Waals surface area contributed by atoms with Crippen LogP contribution in [0.25, 0.3) is 5.82 Å². The van der Waals surface area contributed by atoms with Crippen LogP contribution in [0, 0.1) is 6.92 Å². The van der Waals surface area contributed by atoms with Gasteiger partial charge in [0.05, 0.1) is 5.69 Å². The Kier molecular flexibility index (Phi) is 3.57. The highest BCUT2D eigenvalue weighted by molar-refractivity contribution is 5.35. The Labute approximate surface area is 126 Å². The van der Waals surface area contributed by atoms with E-state index in [2.05, 4.69) is 55.2 Å². The van der Waals surface area contributed by atoms with E-state index in [0.29, 0.717) is 5.92 Å². The molecular weight excluding hydrogens is 260 g/mol. The van der Waals surface area contributed by atoms with Crippen molar-refractivity contribution in [2.24, 2.45) is 0 Å². The summed E-state index contributed by atoms with van der Waals surface area (Å²) in [5.41, 5.74) is 3.69. The summed E-state index contributed by atoms with van der Waals surface area (Å²) >= 11 is 0. The Morgan fingerprint density at radius 2 is 2.10 bits per heavy atom. The van der Waals surface area contributed by atoms with E-state index in [1.807, 2.05) is 17.1 Å². The largest absolute Gasteiger partial charge is 0.308 e. The van der Waals surface area contributed by atoms with Gasteiger partial charge in [-0.2, -0.15) is 5.10 Å². The van der Waals surface area contributed by atoms with E-state index >= 15 is 0 Å². The number of nitrogens with zero attached hydrogens (tertiary/aromatic N) is 3. The average Bonchev–Trinajstić information content (AvgIpc) is 3.15. The molecule has 0 unspecified atom stereocenters. The second kappa shape index (κ2) is 5.26. The number of aryl methyl sites for hydroxylation is 1. The third-order valence-corrected chi connectivity index (χ3v) is 3.75. The Morgan fingerprint density at radius 1 is 1.33 bits per heavy atom. The fourth-order valence-corrected chi connectivity index (χ4v) is 2.38. The van der Waals surface area contributed by atoms with Crippen molar-refractivity contribution in [2.45, 2.75) is 58.5 Å². The first-order valence-corrected chi connectivity index (χ1v) is 7.69. The third-order valence-electron chi connectivity index (χ3n) is 3.75. The van der Waals surface area contributed by atoms with Gasteiger partial charge in [-0.3, -0.25) is 0 Å². The average molecular weight is 284 g/mol. The van der Waals surface area contributed by atoms with Crippen molar-refractivity contribution >= 4 is 0 Å². The molecule has 1 saturated carbocycles. The molecule has 0 atom stereocenters. The van der Waals surface area contributed by atoms with Crippen molar-refractivity contribution in [1.29, 1.82) is 0 Å². The maximum absolute atomic E-state index is 4.66. The first-order chi connectivity index (χ1) is 9.92. The smallest absolute Gasteiger partial charge is 0.156 e. The molecule has 0 saturated heterocycles. The topological polar surface area (TPSA) is 42.7 Å². The van der Waals surface area contributed by atoms with E-state index < -0.39 is 0 Å². The van der Waals surface area contributed by atoms with Gasteiger partial charge in [0.1, 0.15) is 0 Å². The van der Waals surface area contributed by atoms with Gasteiger partial charge in [-0.25, -0.2) is 9.67 Å². The molecule has 0 aromatic carbocycles. The van der Waals surface area contributed by atoms with E-state index in [1.54, 1.807) is 0 Å². The monoisotopic (exact) mass is 284 g/mol. The number of hydrogen-bond acceptors (Lipinski definition) is 3. The number of hydrogen-bond donors (Lipinski definition) is 1. The van der Waals surface area contributed by atoms with Gasteiger partial charge in [-0.05, 0) is 63.8 Å². The molecule has 0 spiro atoms. The lowest BCUT2D eigenvalue weighted by molar-refractivity contribution is 0.424. The van der Waals surface area contributed by atoms with Gasteiger partial charge in [0.25, 0.3) is 0 Å². The minimum atomic E-state index is 0.119. The molecule has 2 aromatic rings. The van der Waals surface area contributed by atoms with E-state index in [-0.39, 0.29) is 5.54 Å². The van der Waals surface area contributed by atoms with Gasteiger partial charge in [0, 0.05) is 30.4 Å². The second-order valence-corrected chi connectivity index (χ2v) is 7.05. The standard InChI is InChI=1S/C17H24N4/c1-12-9-13(11-19-17(2,3)4)10-18-16(12)21-8-7-15(20-21)14-5-6-14/h7-10,14,19H,5-6,11H2,1-4H3. The number of rotatable bonds is 4. The van der Waals surface area contributed by atoms with Crippen LogP contribution < -0.4 is 5.32 Å². The van der Waals surface area contributed by atoms with Crippen LogP contribution in [0.1, 0.15) is 56.4 Å². The summed E-state index contributed by atoms with van der Waals surface area (Å²) in [7, 11) is 0. The quantitative estimate of drug-likeness (QED) is 0.936. The van der Waals surface area contributed by atoms with Crippen molar-refractivity contribution < 1.29 is 0 Å². The first-order valence-electron chi connectivity index (χ1n) is 7.69. The summed E-state index contributed by atoms with van der Waals surface area (Å²) in [5.74, 6) is 1.61. The van der Waals surface area contributed by atoms with Crippen molar-refractivity contribution in [3.05, 3.63) is 41.3 Å². The molecule has 1 N–H and O–H groups in total. The molecule has 1 aliphatic rings. The fourth-order valence-electron chi connectivity index (χ4n) is 2.38. The molecule has 3 rings (SSSR count). The van der Waals surface area contributed by atoms with Gasteiger partial charge in [-0.15, -0.1) is 0 Å². The summed E-state index contributed by atoms with van der Waals surface area (Å²) in [6.45, 7) is 9.45. The van der Waals surface area contributed by atoms with Gasteiger partial charge in [0.2, 0.25) is 0 Å². The summed E-state index contributed by atoms with van der Waals surface area (Å²) in [5, 5.41) is 8.15. The van der Waals surface area contributed by atoms with Gasteiger partial charge in [-0.1, -0.05) is 0 Å². The molecule has 4 nitrogen and oxygen atoms in total. The zero-order valence-electron chi connectivity index (χ0n) is 13.3. The first kappa shape index (κ1) is 14.3. The third kappa shape index (κ3) is 3.50. The van der Waals surface area contributed by atoms with E-state index in [4.69, 9.17) is 0 Å². The van der Waals surface area contributed by atoms with E-state index in [0.717, 1.165) is 17.9 Å². The van der Waals surface area contributed by atoms with Crippen molar-refractivity contribution in [2.75, 3.05) is 0 Å². The summed E-state index contributed by atoms with van der Waals surface area (Å²) in [6, 6.07) is 4.31. The summed E-state index contributed by atoms with van der Waals surface area (Å²) in [6.07, 6.45) is 6.53. The molecule has 0 aliphatic heterocycles. The number of aromatic nitrogens is 3. The highest BCUT2D eigenvalue weighted by atomic mass is 15.3. The Morgan fingerprint density at radius 3 is 2.71 bits per heavy atom. The minimum Gasteiger partial charge on any atom is -0.308 e. The Hall–Kier alpha value is -1.68. The lowest BCUT2D eigenvalue weighted by Gasteiger charge is -2.20. The van der Waals surface area contributed by atoms with Crippen molar-refractivity contribution in [1.82, 2.24) is 20.1 Å². The van der Waals surface area contributed by atoms with Crippen LogP contribution in [0.5, 0.6) is 0 Å². The van der Waals surface area contributed by atoms with E-state index in [9.17, 15) is 0 Å². The van der Waals surface area contributed by atoms with E-state index in [1.165, 1.54) is 24.1 Å². The molecule has 0 bridgehead atoms. The normalized spacial score (nSPS) is 15.4. The molecule has 0 amide bonds. The Balaban J connectivity index is 1.76. The maximum Gasteiger partial charge on any atom is 0.156 e. The Bertz CT molecular complexity index is 632. The molecule has 2 aromatic heterocycles. The predicted molar refractivity (Wildman–Crippen MR) is 84.7 cm³/mol. The fraction of sp³-hybridized carbons (Fsp3) is 0.529. The van der Waals surface area contributed by atoms with Crippen LogP contribution in [0.15, 0.2) is 24.5 Å². The van der Waals surface area contributed by atoms with Gasteiger partial charge >= 0.3 is 0 Å². The zero-order valence-corrected chi connectivity index (χ0v) is 13.3. The maximum atomic E-state index is 4.66. The summed E-state index contributed by atoms with van der Waals surface area (Å²) in [4.78, 5) is 4.60. The van der Waals surface area contributed by atoms with Gasteiger partial charge < -0.3 is 5.32 Å². The van der Waals surface area contributed by atoms with Crippen LogP contribution in [-0.4, -0.2) is 20.3 Å². The molecule has 0 radical (unpaired) electrons. The molecule has 112 valence electrons. The van der Waals surface area contributed by atoms with Crippen molar-refractivity contribution in [3.63, 3.8) is 0 Å². The van der Waals surface area contributed by atoms with Crippen LogP contribution >= 0.6 is 0 Å². The molecular formula is C17H24N4. The molecule has 1 fully saturated rings. The number of nitrogens with one attached hydrogen (secondary N) is 1. The SMILES string of the molecule is Cc1cc(CNC(C)(C)C)cnc1-n1ccc(C2CC2)n1. The molecule has 21 heavy (non-hydrogen) atoms.